The van der Waals surface area contributed by atoms with Crippen LogP contribution in [0.4, 0.5) is 11.4 Å². The molecule has 0 fully saturated rings. The Labute approximate surface area is 169 Å². The van der Waals surface area contributed by atoms with Crippen molar-refractivity contribution in [1.29, 1.82) is 0 Å². The lowest BCUT2D eigenvalue weighted by molar-refractivity contribution is 0.102. The maximum Gasteiger partial charge on any atom is 0.273 e. The van der Waals surface area contributed by atoms with Gasteiger partial charge in [0.2, 0.25) is 0 Å². The highest BCUT2D eigenvalue weighted by atomic mass is 32.2. The summed E-state index contributed by atoms with van der Waals surface area (Å²) in [5, 5.41) is 4.58. The molecule has 146 valence electrons. The van der Waals surface area contributed by atoms with Gasteiger partial charge in [-0.15, -0.1) is 11.3 Å². The fourth-order valence-electron chi connectivity index (χ4n) is 2.66. The summed E-state index contributed by atoms with van der Waals surface area (Å²) in [5.74, 6) is 0.187. The number of benzene rings is 2. The topological polar surface area (TPSA) is 66.5 Å². The molecule has 2 aromatic carbocycles. The molecule has 0 unspecified atom stereocenters. The lowest BCUT2D eigenvalue weighted by Gasteiger charge is -2.18. The number of rotatable bonds is 6. The second-order valence-electron chi connectivity index (χ2n) is 6.68. The fourth-order valence-corrected chi connectivity index (χ4v) is 5.02. The molecule has 1 N–H and O–H groups in total. The maximum absolute atomic E-state index is 12.6. The highest BCUT2D eigenvalue weighted by Gasteiger charge is 2.22. The van der Waals surface area contributed by atoms with Crippen molar-refractivity contribution in [3.8, 4) is 0 Å². The van der Waals surface area contributed by atoms with Gasteiger partial charge in [-0.25, -0.2) is 8.42 Å². The normalized spacial score (nSPS) is 11.4. The molecule has 5 nitrogen and oxygen atoms in total. The summed E-state index contributed by atoms with van der Waals surface area (Å²) < 4.78 is 26.7. The minimum Gasteiger partial charge on any atom is -0.322 e. The number of nitrogens with zero attached hydrogens (tertiary/aromatic N) is 1. The second kappa shape index (κ2) is 8.16. The van der Waals surface area contributed by atoms with Crippen molar-refractivity contribution < 1.29 is 13.2 Å². The van der Waals surface area contributed by atoms with Crippen molar-refractivity contribution in [1.82, 2.24) is 0 Å². The molecule has 0 radical (unpaired) electrons. The van der Waals surface area contributed by atoms with E-state index in [4.69, 9.17) is 0 Å². The summed E-state index contributed by atoms with van der Waals surface area (Å²) in [5.41, 5.74) is 2.87. The zero-order valence-corrected chi connectivity index (χ0v) is 17.5. The average molecular weight is 415 g/mol. The number of amides is 1. The average Bonchev–Trinajstić information content (AvgIpc) is 3.23. The Kier molecular flexibility index (Phi) is 5.86. The zero-order valence-electron chi connectivity index (χ0n) is 15.9. The van der Waals surface area contributed by atoms with Gasteiger partial charge in [-0.2, -0.15) is 0 Å². The van der Waals surface area contributed by atoms with Crippen LogP contribution >= 0.6 is 11.3 Å². The first-order chi connectivity index (χ1) is 13.3. The SMILES string of the molecule is CC(C)c1ccc(NC(=O)c2ccc(N(C)S(=O)(=O)c3cccs3)cc2)cc1. The first kappa shape index (κ1) is 20.1. The molecular weight excluding hydrogens is 392 g/mol. The van der Waals surface area contributed by atoms with Crippen molar-refractivity contribution in [2.45, 2.75) is 24.0 Å². The molecule has 1 heterocycles. The lowest BCUT2D eigenvalue weighted by Crippen LogP contribution is -2.25. The third kappa shape index (κ3) is 4.26. The van der Waals surface area contributed by atoms with E-state index in [1.165, 1.54) is 28.3 Å². The highest BCUT2D eigenvalue weighted by Crippen LogP contribution is 2.25. The summed E-state index contributed by atoms with van der Waals surface area (Å²) in [4.78, 5) is 12.5. The standard InChI is InChI=1S/C21H22N2O3S2/c1-15(2)16-6-10-18(11-7-16)22-21(24)17-8-12-19(13-9-17)23(3)28(25,26)20-5-4-14-27-20/h4-15H,1-3H3,(H,22,24). The van der Waals surface area contributed by atoms with E-state index >= 15 is 0 Å². The van der Waals surface area contributed by atoms with E-state index in [-0.39, 0.29) is 10.1 Å². The quantitative estimate of drug-likeness (QED) is 0.621. The van der Waals surface area contributed by atoms with E-state index < -0.39 is 10.0 Å². The molecule has 28 heavy (non-hydrogen) atoms. The first-order valence-electron chi connectivity index (χ1n) is 8.83. The van der Waals surface area contributed by atoms with Crippen LogP contribution in [-0.4, -0.2) is 21.4 Å². The third-order valence-corrected chi connectivity index (χ3v) is 7.60. The van der Waals surface area contributed by atoms with Crippen LogP contribution in [0, 0.1) is 0 Å². The molecule has 3 rings (SSSR count). The van der Waals surface area contributed by atoms with Crippen LogP contribution in [0.3, 0.4) is 0 Å². The summed E-state index contributed by atoms with van der Waals surface area (Å²) in [6.45, 7) is 4.23. The number of anilines is 2. The molecule has 7 heteroatoms. The van der Waals surface area contributed by atoms with Crippen LogP contribution in [-0.2, 0) is 10.0 Å². The van der Waals surface area contributed by atoms with Gasteiger partial charge in [-0.05, 0) is 59.3 Å². The smallest absolute Gasteiger partial charge is 0.273 e. The number of sulfonamides is 1. The van der Waals surface area contributed by atoms with Gasteiger partial charge in [0.05, 0.1) is 5.69 Å². The van der Waals surface area contributed by atoms with Crippen LogP contribution in [0.5, 0.6) is 0 Å². The zero-order chi connectivity index (χ0) is 20.3. The Hall–Kier alpha value is -2.64. The van der Waals surface area contributed by atoms with Crippen molar-refractivity contribution in [3.05, 3.63) is 77.2 Å². The van der Waals surface area contributed by atoms with E-state index in [0.29, 0.717) is 17.2 Å². The minimum atomic E-state index is -3.59. The number of carbonyl (C=O) groups is 1. The van der Waals surface area contributed by atoms with Gasteiger partial charge < -0.3 is 5.32 Å². The van der Waals surface area contributed by atoms with Crippen molar-refractivity contribution in [3.63, 3.8) is 0 Å². The number of hydrogen-bond acceptors (Lipinski definition) is 4. The molecule has 0 saturated heterocycles. The Bertz CT molecular complexity index is 1040. The molecule has 3 aromatic rings. The van der Waals surface area contributed by atoms with E-state index in [2.05, 4.69) is 19.2 Å². The summed E-state index contributed by atoms with van der Waals surface area (Å²) in [6, 6.07) is 17.5. The number of nitrogens with one attached hydrogen (secondary N) is 1. The van der Waals surface area contributed by atoms with E-state index in [1.807, 2.05) is 24.3 Å². The predicted octanol–water partition coefficient (Wildman–Crippen LogP) is 4.95. The Morgan fingerprint density at radius 3 is 2.18 bits per heavy atom. The molecule has 0 saturated carbocycles. The van der Waals surface area contributed by atoms with Crippen LogP contribution in [0.1, 0.15) is 35.7 Å². The van der Waals surface area contributed by atoms with Gasteiger partial charge in [0.1, 0.15) is 4.21 Å². The van der Waals surface area contributed by atoms with Crippen molar-refractivity contribution in [2.24, 2.45) is 0 Å². The fraction of sp³-hybridized carbons (Fsp3) is 0.190. The Balaban J connectivity index is 1.72. The summed E-state index contributed by atoms with van der Waals surface area (Å²) in [7, 11) is -2.09. The van der Waals surface area contributed by atoms with Crippen LogP contribution < -0.4 is 9.62 Å². The molecule has 0 aliphatic carbocycles. The number of thiophene rings is 1. The lowest BCUT2D eigenvalue weighted by atomic mass is 10.0. The van der Waals surface area contributed by atoms with E-state index in [0.717, 1.165) is 5.69 Å². The van der Waals surface area contributed by atoms with E-state index in [1.54, 1.807) is 41.8 Å². The van der Waals surface area contributed by atoms with Crippen LogP contribution in [0.25, 0.3) is 0 Å². The van der Waals surface area contributed by atoms with Crippen molar-refractivity contribution in [2.75, 3.05) is 16.7 Å². The van der Waals surface area contributed by atoms with Gasteiger partial charge in [-0.1, -0.05) is 32.0 Å². The number of hydrogen-bond donors (Lipinski definition) is 1. The maximum atomic E-state index is 12.6. The molecular formula is C21H22N2O3S2. The minimum absolute atomic E-state index is 0.243. The van der Waals surface area contributed by atoms with Crippen LogP contribution in [0.2, 0.25) is 0 Å². The number of carbonyl (C=O) groups excluding carboxylic acids is 1. The molecule has 1 amide bonds. The molecule has 0 bridgehead atoms. The largest absolute Gasteiger partial charge is 0.322 e. The van der Waals surface area contributed by atoms with Gasteiger partial charge in [0.25, 0.3) is 15.9 Å². The second-order valence-corrected chi connectivity index (χ2v) is 9.83. The van der Waals surface area contributed by atoms with Gasteiger partial charge >= 0.3 is 0 Å². The molecule has 1 aromatic heterocycles. The molecule has 0 spiro atoms. The van der Waals surface area contributed by atoms with Gasteiger partial charge in [0.15, 0.2) is 0 Å². The Morgan fingerprint density at radius 2 is 1.64 bits per heavy atom. The van der Waals surface area contributed by atoms with Gasteiger partial charge in [0, 0.05) is 18.3 Å². The summed E-state index contributed by atoms with van der Waals surface area (Å²) in [6.07, 6.45) is 0. The Morgan fingerprint density at radius 1 is 1.00 bits per heavy atom. The highest BCUT2D eigenvalue weighted by molar-refractivity contribution is 7.94. The van der Waals surface area contributed by atoms with Gasteiger partial charge in [-0.3, -0.25) is 9.10 Å². The molecule has 0 atom stereocenters. The predicted molar refractivity (Wildman–Crippen MR) is 115 cm³/mol. The van der Waals surface area contributed by atoms with E-state index in [9.17, 15) is 13.2 Å². The third-order valence-electron chi connectivity index (χ3n) is 4.44. The summed E-state index contributed by atoms with van der Waals surface area (Å²) >= 11 is 1.17. The first-order valence-corrected chi connectivity index (χ1v) is 11.1. The monoisotopic (exact) mass is 414 g/mol. The van der Waals surface area contributed by atoms with Crippen molar-refractivity contribution >= 4 is 38.6 Å². The molecule has 0 aliphatic rings. The van der Waals surface area contributed by atoms with Crippen LogP contribution in [0.15, 0.2) is 70.3 Å². The molecule has 0 aliphatic heterocycles.